The van der Waals surface area contributed by atoms with Crippen LogP contribution < -0.4 is 0 Å². The monoisotopic (exact) mass is 221 g/mol. The Morgan fingerprint density at radius 2 is 1.75 bits per heavy atom. The normalized spacial score (nSPS) is 27.5. The predicted octanol–water partition coefficient (Wildman–Crippen LogP) is 2.17. The van der Waals surface area contributed by atoms with Gasteiger partial charge >= 0.3 is 0 Å². The second-order valence-electron chi connectivity index (χ2n) is 5.28. The van der Waals surface area contributed by atoms with Crippen LogP contribution >= 0.6 is 0 Å². The van der Waals surface area contributed by atoms with Crippen molar-refractivity contribution < 1.29 is 5.11 Å². The van der Waals surface area contributed by atoms with E-state index in [9.17, 15) is 5.11 Å². The summed E-state index contributed by atoms with van der Waals surface area (Å²) in [6, 6.07) is 0. The van der Waals surface area contributed by atoms with E-state index in [0.717, 1.165) is 25.9 Å². The Labute approximate surface area is 99.0 Å². The van der Waals surface area contributed by atoms with Crippen LogP contribution in [-0.4, -0.2) is 34.7 Å². The van der Waals surface area contributed by atoms with Gasteiger partial charge in [-0.2, -0.15) is 0 Å². The smallest absolute Gasteiger partial charge is 0.0832 e. The lowest BCUT2D eigenvalue weighted by atomic mass is 9.85. The molecule has 0 aromatic heterocycles. The summed E-state index contributed by atoms with van der Waals surface area (Å²) in [5.74, 6) is 2.63. The van der Waals surface area contributed by atoms with Crippen molar-refractivity contribution in [1.29, 1.82) is 0 Å². The number of hydrogen-bond donors (Lipinski definition) is 1. The van der Waals surface area contributed by atoms with Crippen LogP contribution in [0.5, 0.6) is 0 Å². The van der Waals surface area contributed by atoms with E-state index < -0.39 is 0 Å². The van der Waals surface area contributed by atoms with Gasteiger partial charge < -0.3 is 5.11 Å². The first-order valence-electron chi connectivity index (χ1n) is 6.66. The molecule has 2 heteroatoms. The van der Waals surface area contributed by atoms with Crippen LogP contribution in [0.1, 0.15) is 51.4 Å². The van der Waals surface area contributed by atoms with Gasteiger partial charge in [0.2, 0.25) is 0 Å². The highest BCUT2D eigenvalue weighted by atomic mass is 16.3. The first-order valence-corrected chi connectivity index (χ1v) is 6.66. The van der Waals surface area contributed by atoms with E-state index in [1.165, 1.54) is 32.1 Å². The predicted molar refractivity (Wildman–Crippen MR) is 66.1 cm³/mol. The molecule has 1 heterocycles. The maximum absolute atomic E-state index is 10.4. The first kappa shape index (κ1) is 12.0. The van der Waals surface area contributed by atoms with Crippen molar-refractivity contribution in [2.75, 3.05) is 13.1 Å². The minimum absolute atomic E-state index is 0.0206. The fourth-order valence-electron chi connectivity index (χ4n) is 3.49. The Kier molecular flexibility index (Phi) is 3.89. The van der Waals surface area contributed by atoms with Gasteiger partial charge in [0.25, 0.3) is 0 Å². The Bertz CT molecular complexity index is 256. The molecule has 16 heavy (non-hydrogen) atoms. The van der Waals surface area contributed by atoms with Gasteiger partial charge in [0.1, 0.15) is 0 Å². The molecular weight excluding hydrogens is 198 g/mol. The van der Waals surface area contributed by atoms with E-state index in [1.807, 2.05) is 0 Å². The van der Waals surface area contributed by atoms with Gasteiger partial charge in [-0.3, -0.25) is 4.90 Å². The molecular formula is C14H23NO. The lowest BCUT2D eigenvalue weighted by Gasteiger charge is -2.46. The number of piperidine rings is 1. The van der Waals surface area contributed by atoms with Gasteiger partial charge in [-0.05, 0) is 38.8 Å². The summed E-state index contributed by atoms with van der Waals surface area (Å²) in [7, 11) is 0. The standard InChI is InChI=1S/C14H23NO/c1-2-8-13(16)14(9-4-5-10-14)15-11-6-3-7-12-15/h1,13,16H,3-12H2. The lowest BCUT2D eigenvalue weighted by Crippen LogP contribution is -2.56. The highest BCUT2D eigenvalue weighted by Gasteiger charge is 2.44. The number of aliphatic hydroxyl groups is 1. The molecule has 1 N–H and O–H groups in total. The van der Waals surface area contributed by atoms with Crippen LogP contribution in [0.15, 0.2) is 0 Å². The molecule has 0 aromatic rings. The lowest BCUT2D eigenvalue weighted by molar-refractivity contribution is -0.0358. The average Bonchev–Trinajstić information content (AvgIpc) is 2.81. The van der Waals surface area contributed by atoms with Gasteiger partial charge in [-0.1, -0.05) is 19.3 Å². The quantitative estimate of drug-likeness (QED) is 0.738. The second kappa shape index (κ2) is 5.21. The van der Waals surface area contributed by atoms with Gasteiger partial charge in [0, 0.05) is 12.0 Å². The van der Waals surface area contributed by atoms with Crippen LogP contribution in [0, 0.1) is 12.3 Å². The molecule has 1 saturated heterocycles. The fourth-order valence-corrected chi connectivity index (χ4v) is 3.49. The highest BCUT2D eigenvalue weighted by Crippen LogP contribution is 2.40. The molecule has 0 amide bonds. The molecule has 0 radical (unpaired) electrons. The molecule has 1 atom stereocenters. The number of terminal acetylenes is 1. The van der Waals surface area contributed by atoms with E-state index in [4.69, 9.17) is 6.42 Å². The fraction of sp³-hybridized carbons (Fsp3) is 0.857. The van der Waals surface area contributed by atoms with E-state index in [0.29, 0.717) is 6.42 Å². The molecule has 0 bridgehead atoms. The first-order chi connectivity index (χ1) is 7.79. The van der Waals surface area contributed by atoms with Crippen molar-refractivity contribution in [3.8, 4) is 12.3 Å². The minimum Gasteiger partial charge on any atom is -0.390 e. The van der Waals surface area contributed by atoms with E-state index in [-0.39, 0.29) is 11.6 Å². The molecule has 1 aliphatic heterocycles. The van der Waals surface area contributed by atoms with Crippen LogP contribution in [-0.2, 0) is 0 Å². The van der Waals surface area contributed by atoms with E-state index in [1.54, 1.807) is 0 Å². The van der Waals surface area contributed by atoms with Crippen LogP contribution in [0.4, 0.5) is 0 Å². The van der Waals surface area contributed by atoms with Gasteiger partial charge in [-0.15, -0.1) is 12.3 Å². The van der Waals surface area contributed by atoms with Crippen molar-refractivity contribution in [2.45, 2.75) is 63.0 Å². The highest BCUT2D eigenvalue weighted by molar-refractivity contribution is 5.05. The summed E-state index contributed by atoms with van der Waals surface area (Å²) in [4.78, 5) is 2.53. The van der Waals surface area contributed by atoms with Crippen LogP contribution in [0.25, 0.3) is 0 Å². The zero-order valence-corrected chi connectivity index (χ0v) is 10.1. The summed E-state index contributed by atoms with van der Waals surface area (Å²) >= 11 is 0. The SMILES string of the molecule is C#CCC(O)C1(N2CCCCC2)CCCC1. The molecule has 2 fully saturated rings. The molecule has 1 aliphatic carbocycles. The summed E-state index contributed by atoms with van der Waals surface area (Å²) < 4.78 is 0. The minimum atomic E-state index is -0.321. The number of aliphatic hydroxyl groups excluding tert-OH is 1. The van der Waals surface area contributed by atoms with Crippen LogP contribution in [0.3, 0.4) is 0 Å². The largest absolute Gasteiger partial charge is 0.390 e. The average molecular weight is 221 g/mol. The summed E-state index contributed by atoms with van der Waals surface area (Å²) in [6.07, 6.45) is 14.2. The van der Waals surface area contributed by atoms with Crippen molar-refractivity contribution in [1.82, 2.24) is 4.90 Å². The van der Waals surface area contributed by atoms with Crippen molar-refractivity contribution in [2.24, 2.45) is 0 Å². The molecule has 1 saturated carbocycles. The number of hydrogen-bond acceptors (Lipinski definition) is 2. The maximum Gasteiger partial charge on any atom is 0.0832 e. The summed E-state index contributed by atoms with van der Waals surface area (Å²) in [6.45, 7) is 2.31. The Hall–Kier alpha value is -0.520. The third kappa shape index (κ3) is 2.12. The topological polar surface area (TPSA) is 23.5 Å². The Morgan fingerprint density at radius 1 is 1.12 bits per heavy atom. The van der Waals surface area contributed by atoms with Gasteiger partial charge in [0.15, 0.2) is 0 Å². The second-order valence-corrected chi connectivity index (χ2v) is 5.28. The third-order valence-corrected chi connectivity index (χ3v) is 4.39. The van der Waals surface area contributed by atoms with Crippen molar-refractivity contribution in [3.63, 3.8) is 0 Å². The number of likely N-dealkylation sites (tertiary alicyclic amines) is 1. The molecule has 0 aromatic carbocycles. The zero-order valence-electron chi connectivity index (χ0n) is 10.1. The van der Waals surface area contributed by atoms with Crippen molar-refractivity contribution in [3.05, 3.63) is 0 Å². The molecule has 0 spiro atoms. The molecule has 2 rings (SSSR count). The number of nitrogens with zero attached hydrogens (tertiary/aromatic N) is 1. The molecule has 90 valence electrons. The molecule has 2 aliphatic rings. The maximum atomic E-state index is 10.4. The third-order valence-electron chi connectivity index (χ3n) is 4.39. The van der Waals surface area contributed by atoms with Crippen LogP contribution in [0.2, 0.25) is 0 Å². The molecule has 2 nitrogen and oxygen atoms in total. The number of rotatable bonds is 3. The van der Waals surface area contributed by atoms with Gasteiger partial charge in [0.05, 0.1) is 6.10 Å². The van der Waals surface area contributed by atoms with Crippen molar-refractivity contribution >= 4 is 0 Å². The molecule has 1 unspecified atom stereocenters. The van der Waals surface area contributed by atoms with Gasteiger partial charge in [-0.25, -0.2) is 0 Å². The zero-order chi connectivity index (χ0) is 11.4. The summed E-state index contributed by atoms with van der Waals surface area (Å²) in [5.41, 5.74) is 0.0206. The van der Waals surface area contributed by atoms with E-state index in [2.05, 4.69) is 10.8 Å². The summed E-state index contributed by atoms with van der Waals surface area (Å²) in [5, 5.41) is 10.4. The Morgan fingerprint density at radius 3 is 2.31 bits per heavy atom. The Balaban J connectivity index is 2.10. The van der Waals surface area contributed by atoms with E-state index >= 15 is 0 Å².